The molecule has 3 heteroatoms. The Morgan fingerprint density at radius 2 is 2.07 bits per heavy atom. The van der Waals surface area contributed by atoms with E-state index in [9.17, 15) is 4.79 Å². The van der Waals surface area contributed by atoms with Crippen molar-refractivity contribution in [2.45, 2.75) is 19.8 Å². The molecule has 0 aromatic rings. The third-order valence-corrected chi connectivity index (χ3v) is 2.56. The molecular weight excluding hydrogens is 176 g/mol. The van der Waals surface area contributed by atoms with E-state index in [-0.39, 0.29) is 11.8 Å². The van der Waals surface area contributed by atoms with Gasteiger partial charge in [0.15, 0.2) is 0 Å². The van der Waals surface area contributed by atoms with Crippen LogP contribution in [-0.2, 0) is 4.79 Å². The van der Waals surface area contributed by atoms with Crippen molar-refractivity contribution in [2.24, 2.45) is 11.8 Å². The van der Waals surface area contributed by atoms with Crippen molar-refractivity contribution in [1.29, 1.82) is 0 Å². The molecule has 1 atom stereocenters. The molecule has 0 aliphatic heterocycles. The summed E-state index contributed by atoms with van der Waals surface area (Å²) in [5.74, 6) is 0.896. The molecule has 1 rings (SSSR count). The van der Waals surface area contributed by atoms with E-state index in [1.807, 2.05) is 7.05 Å². The number of allylic oxidation sites excluding steroid dienone is 2. The number of amides is 1. The Bertz CT molecular complexity index is 205. The Labute approximate surface area is 86.0 Å². The van der Waals surface area contributed by atoms with Gasteiger partial charge in [0.1, 0.15) is 0 Å². The van der Waals surface area contributed by atoms with Crippen LogP contribution in [-0.4, -0.2) is 26.0 Å². The van der Waals surface area contributed by atoms with Crippen molar-refractivity contribution in [1.82, 2.24) is 10.6 Å². The van der Waals surface area contributed by atoms with Crippen LogP contribution in [0.2, 0.25) is 0 Å². The molecule has 1 amide bonds. The van der Waals surface area contributed by atoms with Gasteiger partial charge in [-0.3, -0.25) is 4.79 Å². The first-order chi connectivity index (χ1) is 6.74. The lowest BCUT2D eigenvalue weighted by Crippen LogP contribution is -2.35. The van der Waals surface area contributed by atoms with E-state index in [2.05, 4.69) is 29.7 Å². The van der Waals surface area contributed by atoms with Crippen LogP contribution in [0, 0.1) is 11.8 Å². The minimum atomic E-state index is 0.191. The van der Waals surface area contributed by atoms with Gasteiger partial charge in [0, 0.05) is 12.5 Å². The zero-order valence-electron chi connectivity index (χ0n) is 9.05. The van der Waals surface area contributed by atoms with E-state index in [1.165, 1.54) is 0 Å². The highest BCUT2D eigenvalue weighted by molar-refractivity contribution is 5.79. The molecule has 2 N–H and O–H groups in total. The molecule has 0 fully saturated rings. The summed E-state index contributed by atoms with van der Waals surface area (Å²) in [5.41, 5.74) is 0. The summed E-state index contributed by atoms with van der Waals surface area (Å²) in [6.07, 6.45) is 5.99. The third kappa shape index (κ3) is 3.50. The zero-order valence-corrected chi connectivity index (χ0v) is 9.05. The minimum absolute atomic E-state index is 0.191. The molecule has 0 spiro atoms. The van der Waals surface area contributed by atoms with Gasteiger partial charge in [0.05, 0.1) is 0 Å². The maximum Gasteiger partial charge on any atom is 0.223 e. The second-order valence-corrected chi connectivity index (χ2v) is 4.05. The first kappa shape index (κ1) is 11.2. The summed E-state index contributed by atoms with van der Waals surface area (Å²) in [4.78, 5) is 11.6. The van der Waals surface area contributed by atoms with Gasteiger partial charge in [-0.2, -0.15) is 0 Å². The summed E-state index contributed by atoms with van der Waals surface area (Å²) in [6, 6.07) is 0. The molecule has 80 valence electrons. The molecule has 14 heavy (non-hydrogen) atoms. The fourth-order valence-electron chi connectivity index (χ4n) is 1.67. The Balaban J connectivity index is 2.14. The normalized spacial score (nSPS) is 18.4. The molecule has 0 radical (unpaired) electrons. The summed E-state index contributed by atoms with van der Waals surface area (Å²) in [6.45, 7) is 3.85. The van der Waals surface area contributed by atoms with Crippen molar-refractivity contribution in [3.63, 3.8) is 0 Å². The highest BCUT2D eigenvalue weighted by Gasteiger charge is 2.18. The van der Waals surface area contributed by atoms with E-state index in [0.29, 0.717) is 5.92 Å². The Morgan fingerprint density at radius 3 is 2.64 bits per heavy atom. The van der Waals surface area contributed by atoms with Crippen LogP contribution in [0.5, 0.6) is 0 Å². The minimum Gasteiger partial charge on any atom is -0.356 e. The highest BCUT2D eigenvalue weighted by Crippen LogP contribution is 2.17. The average Bonchev–Trinajstić information content (AvgIpc) is 2.67. The molecule has 0 bridgehead atoms. The Hall–Kier alpha value is -0.830. The number of hydrogen-bond acceptors (Lipinski definition) is 2. The van der Waals surface area contributed by atoms with Gasteiger partial charge in [0.25, 0.3) is 0 Å². The molecule has 0 aromatic carbocycles. The summed E-state index contributed by atoms with van der Waals surface area (Å²) >= 11 is 0. The topological polar surface area (TPSA) is 41.1 Å². The maximum absolute atomic E-state index is 11.6. The average molecular weight is 196 g/mol. The SMILES string of the molecule is CNCC(C)CNC(=O)C1CC=CC1. The van der Waals surface area contributed by atoms with E-state index in [4.69, 9.17) is 0 Å². The van der Waals surface area contributed by atoms with Crippen molar-refractivity contribution in [2.75, 3.05) is 20.1 Å². The molecular formula is C11H20N2O. The molecule has 0 saturated carbocycles. The van der Waals surface area contributed by atoms with Crippen LogP contribution in [0.4, 0.5) is 0 Å². The van der Waals surface area contributed by atoms with Gasteiger partial charge in [0.2, 0.25) is 5.91 Å². The lowest BCUT2D eigenvalue weighted by Gasteiger charge is -2.14. The first-order valence-electron chi connectivity index (χ1n) is 5.31. The van der Waals surface area contributed by atoms with Crippen LogP contribution in [0.25, 0.3) is 0 Å². The van der Waals surface area contributed by atoms with Gasteiger partial charge in [-0.05, 0) is 32.4 Å². The van der Waals surface area contributed by atoms with Crippen LogP contribution in [0.15, 0.2) is 12.2 Å². The second kappa shape index (κ2) is 5.81. The van der Waals surface area contributed by atoms with Crippen molar-refractivity contribution in [3.05, 3.63) is 12.2 Å². The predicted octanol–water partition coefficient (Wildman–Crippen LogP) is 0.924. The molecule has 0 heterocycles. The van der Waals surface area contributed by atoms with Crippen molar-refractivity contribution in [3.8, 4) is 0 Å². The van der Waals surface area contributed by atoms with Crippen LogP contribution >= 0.6 is 0 Å². The van der Waals surface area contributed by atoms with Gasteiger partial charge < -0.3 is 10.6 Å². The van der Waals surface area contributed by atoms with Gasteiger partial charge in [-0.1, -0.05) is 19.1 Å². The molecule has 1 unspecified atom stereocenters. The van der Waals surface area contributed by atoms with E-state index in [1.54, 1.807) is 0 Å². The number of hydrogen-bond donors (Lipinski definition) is 2. The van der Waals surface area contributed by atoms with Crippen LogP contribution < -0.4 is 10.6 Å². The van der Waals surface area contributed by atoms with Gasteiger partial charge >= 0.3 is 0 Å². The quantitative estimate of drug-likeness (QED) is 0.642. The molecule has 1 aliphatic rings. The lowest BCUT2D eigenvalue weighted by molar-refractivity contribution is -0.124. The molecule has 1 aliphatic carbocycles. The molecule has 0 aromatic heterocycles. The van der Waals surface area contributed by atoms with Crippen LogP contribution in [0.3, 0.4) is 0 Å². The zero-order chi connectivity index (χ0) is 10.4. The Morgan fingerprint density at radius 1 is 1.43 bits per heavy atom. The Kier molecular flexibility index (Phi) is 4.66. The predicted molar refractivity (Wildman–Crippen MR) is 58.0 cm³/mol. The van der Waals surface area contributed by atoms with Gasteiger partial charge in [-0.15, -0.1) is 0 Å². The smallest absolute Gasteiger partial charge is 0.223 e. The number of rotatable bonds is 5. The maximum atomic E-state index is 11.6. The monoisotopic (exact) mass is 196 g/mol. The number of carbonyl (C=O) groups excluding carboxylic acids is 1. The number of nitrogens with one attached hydrogen (secondary N) is 2. The summed E-state index contributed by atoms with van der Waals surface area (Å²) in [7, 11) is 1.93. The largest absolute Gasteiger partial charge is 0.356 e. The van der Waals surface area contributed by atoms with Crippen molar-refractivity contribution < 1.29 is 4.79 Å². The summed E-state index contributed by atoms with van der Waals surface area (Å²) < 4.78 is 0. The van der Waals surface area contributed by atoms with Crippen molar-refractivity contribution >= 4 is 5.91 Å². The van der Waals surface area contributed by atoms with E-state index >= 15 is 0 Å². The fourth-order valence-corrected chi connectivity index (χ4v) is 1.67. The lowest BCUT2D eigenvalue weighted by atomic mass is 10.1. The number of carbonyl (C=O) groups is 1. The first-order valence-corrected chi connectivity index (χ1v) is 5.31. The fraction of sp³-hybridized carbons (Fsp3) is 0.727. The van der Waals surface area contributed by atoms with E-state index < -0.39 is 0 Å². The molecule has 0 saturated heterocycles. The third-order valence-electron chi connectivity index (χ3n) is 2.56. The van der Waals surface area contributed by atoms with E-state index in [0.717, 1.165) is 25.9 Å². The second-order valence-electron chi connectivity index (χ2n) is 4.05. The van der Waals surface area contributed by atoms with Gasteiger partial charge in [-0.25, -0.2) is 0 Å². The summed E-state index contributed by atoms with van der Waals surface area (Å²) in [5, 5.41) is 6.09. The standard InChI is InChI=1S/C11H20N2O/c1-9(7-12-2)8-13-11(14)10-5-3-4-6-10/h3-4,9-10,12H,5-8H2,1-2H3,(H,13,14). The molecule has 3 nitrogen and oxygen atoms in total. The highest BCUT2D eigenvalue weighted by atomic mass is 16.1. The van der Waals surface area contributed by atoms with Crippen LogP contribution in [0.1, 0.15) is 19.8 Å².